The Morgan fingerprint density at radius 1 is 1.31 bits per heavy atom. The Hall–Kier alpha value is -0.240. The summed E-state index contributed by atoms with van der Waals surface area (Å²) in [6, 6.07) is 8.29. The van der Waals surface area contributed by atoms with Crippen molar-refractivity contribution in [2.75, 3.05) is 6.54 Å². The Balaban J connectivity index is 0.00000128. The highest BCUT2D eigenvalue weighted by Gasteiger charge is 2.42. The molecule has 0 heterocycles. The molecule has 0 saturated heterocycles. The van der Waals surface area contributed by atoms with E-state index >= 15 is 0 Å². The van der Waals surface area contributed by atoms with Gasteiger partial charge in [-0.1, -0.05) is 37.1 Å². The van der Waals surface area contributed by atoms with E-state index in [1.165, 1.54) is 24.8 Å². The van der Waals surface area contributed by atoms with Crippen LogP contribution in [0.4, 0.5) is 0 Å². The predicted octanol–water partition coefficient (Wildman–Crippen LogP) is 3.78. The Bertz CT molecular complexity index is 330. The van der Waals surface area contributed by atoms with Gasteiger partial charge in [-0.05, 0) is 48.4 Å². The van der Waals surface area contributed by atoms with Crippen molar-refractivity contribution in [3.63, 3.8) is 0 Å². The van der Waals surface area contributed by atoms with E-state index in [1.54, 1.807) is 0 Å². The largest absolute Gasteiger partial charge is 0.330 e. The summed E-state index contributed by atoms with van der Waals surface area (Å²) in [7, 11) is 0. The number of hydrogen-bond donors (Lipinski definition) is 1. The molecule has 0 aliphatic heterocycles. The van der Waals surface area contributed by atoms with Crippen molar-refractivity contribution in [3.05, 3.63) is 34.9 Å². The third kappa shape index (κ3) is 2.22. The van der Waals surface area contributed by atoms with Crippen LogP contribution in [0.5, 0.6) is 0 Å². The Kier molecular flexibility index (Phi) is 4.66. The number of halogens is 2. The van der Waals surface area contributed by atoms with Crippen molar-refractivity contribution < 1.29 is 0 Å². The zero-order chi connectivity index (χ0) is 10.9. The first-order chi connectivity index (χ1) is 7.19. The first-order valence-corrected chi connectivity index (χ1v) is 6.03. The van der Waals surface area contributed by atoms with Gasteiger partial charge in [-0.25, -0.2) is 0 Å². The summed E-state index contributed by atoms with van der Waals surface area (Å²) in [5, 5.41) is 0.814. The second-order valence-electron chi connectivity index (χ2n) is 4.65. The fourth-order valence-corrected chi connectivity index (χ4v) is 2.76. The molecule has 2 rings (SSSR count). The van der Waals surface area contributed by atoms with E-state index in [-0.39, 0.29) is 12.4 Å². The molecular formula is C13H19Cl2N. The van der Waals surface area contributed by atoms with Crippen LogP contribution in [-0.2, 0) is 5.41 Å². The second kappa shape index (κ2) is 5.39. The smallest absolute Gasteiger partial charge is 0.0406 e. The molecule has 3 heteroatoms. The van der Waals surface area contributed by atoms with Crippen LogP contribution in [0, 0.1) is 5.92 Å². The van der Waals surface area contributed by atoms with Gasteiger partial charge in [0.2, 0.25) is 0 Å². The number of nitrogens with two attached hydrogens (primary N) is 1. The summed E-state index contributed by atoms with van der Waals surface area (Å²) in [5.74, 6) is 0.562. The summed E-state index contributed by atoms with van der Waals surface area (Å²) >= 11 is 5.91. The van der Waals surface area contributed by atoms with Gasteiger partial charge in [0.15, 0.2) is 0 Å². The maximum absolute atomic E-state index is 5.91. The van der Waals surface area contributed by atoms with Crippen molar-refractivity contribution in [3.8, 4) is 0 Å². The SMILES string of the molecule is CC(CN)C1(c2ccc(Cl)cc2)CCC1.Cl. The van der Waals surface area contributed by atoms with Gasteiger partial charge in [-0.3, -0.25) is 0 Å². The summed E-state index contributed by atoms with van der Waals surface area (Å²) in [6.07, 6.45) is 3.87. The third-order valence-corrected chi connectivity index (χ3v) is 4.21. The predicted molar refractivity (Wildman–Crippen MR) is 72.4 cm³/mol. The average molecular weight is 260 g/mol. The lowest BCUT2D eigenvalue weighted by atomic mass is 9.58. The van der Waals surface area contributed by atoms with Crippen LogP contribution in [0.2, 0.25) is 5.02 Å². The van der Waals surface area contributed by atoms with Crippen molar-refractivity contribution in [2.24, 2.45) is 11.7 Å². The highest BCUT2D eigenvalue weighted by atomic mass is 35.5. The van der Waals surface area contributed by atoms with E-state index in [0.717, 1.165) is 11.6 Å². The Labute approximate surface area is 109 Å². The van der Waals surface area contributed by atoms with Crippen molar-refractivity contribution >= 4 is 24.0 Å². The highest BCUT2D eigenvalue weighted by molar-refractivity contribution is 6.30. The van der Waals surface area contributed by atoms with Crippen LogP contribution < -0.4 is 5.73 Å². The Morgan fingerprint density at radius 3 is 2.25 bits per heavy atom. The van der Waals surface area contributed by atoms with E-state index in [2.05, 4.69) is 19.1 Å². The lowest BCUT2D eigenvalue weighted by Crippen LogP contribution is -2.43. The fourth-order valence-electron chi connectivity index (χ4n) is 2.63. The molecule has 1 unspecified atom stereocenters. The van der Waals surface area contributed by atoms with E-state index in [0.29, 0.717) is 11.3 Å². The molecule has 90 valence electrons. The molecule has 0 bridgehead atoms. The van der Waals surface area contributed by atoms with Crippen LogP contribution in [0.25, 0.3) is 0 Å². The molecule has 1 nitrogen and oxygen atoms in total. The monoisotopic (exact) mass is 259 g/mol. The van der Waals surface area contributed by atoms with Gasteiger partial charge in [0.25, 0.3) is 0 Å². The molecule has 0 spiro atoms. The first kappa shape index (κ1) is 13.8. The van der Waals surface area contributed by atoms with Crippen molar-refractivity contribution in [1.29, 1.82) is 0 Å². The average Bonchev–Trinajstić information content (AvgIpc) is 2.19. The highest BCUT2D eigenvalue weighted by Crippen LogP contribution is 2.49. The summed E-state index contributed by atoms with van der Waals surface area (Å²) in [6.45, 7) is 3.02. The van der Waals surface area contributed by atoms with Crippen LogP contribution in [0.1, 0.15) is 31.7 Å². The van der Waals surface area contributed by atoms with Gasteiger partial charge in [-0.15, -0.1) is 12.4 Å². The topological polar surface area (TPSA) is 26.0 Å². The van der Waals surface area contributed by atoms with E-state index in [1.807, 2.05) is 12.1 Å². The Morgan fingerprint density at radius 2 is 1.88 bits per heavy atom. The zero-order valence-electron chi connectivity index (χ0n) is 9.58. The molecule has 1 saturated carbocycles. The molecular weight excluding hydrogens is 241 g/mol. The minimum absolute atomic E-state index is 0. The van der Waals surface area contributed by atoms with E-state index < -0.39 is 0 Å². The van der Waals surface area contributed by atoms with Gasteiger partial charge in [0.1, 0.15) is 0 Å². The molecule has 0 amide bonds. The molecule has 1 atom stereocenters. The normalized spacial score (nSPS) is 19.4. The number of rotatable bonds is 3. The molecule has 1 aliphatic carbocycles. The van der Waals surface area contributed by atoms with Gasteiger partial charge < -0.3 is 5.73 Å². The van der Waals surface area contributed by atoms with Crippen LogP contribution >= 0.6 is 24.0 Å². The molecule has 1 aromatic carbocycles. The molecule has 1 fully saturated rings. The van der Waals surface area contributed by atoms with Gasteiger partial charge >= 0.3 is 0 Å². The van der Waals surface area contributed by atoms with Gasteiger partial charge in [0, 0.05) is 5.02 Å². The molecule has 1 aliphatic rings. The summed E-state index contributed by atoms with van der Waals surface area (Å²) < 4.78 is 0. The second-order valence-corrected chi connectivity index (χ2v) is 5.09. The van der Waals surface area contributed by atoms with Crippen LogP contribution in [0.3, 0.4) is 0 Å². The standard InChI is InChI=1S/C13H18ClN.ClH/c1-10(9-15)13(7-2-8-13)11-3-5-12(14)6-4-11;/h3-6,10H,2,7-9,15H2,1H3;1H. The molecule has 2 N–H and O–H groups in total. The lowest BCUT2D eigenvalue weighted by molar-refractivity contribution is 0.161. The first-order valence-electron chi connectivity index (χ1n) is 5.65. The van der Waals surface area contributed by atoms with Gasteiger partial charge in [0.05, 0.1) is 0 Å². The van der Waals surface area contributed by atoms with Crippen LogP contribution in [-0.4, -0.2) is 6.54 Å². The molecule has 0 aromatic heterocycles. The number of hydrogen-bond acceptors (Lipinski definition) is 1. The quantitative estimate of drug-likeness (QED) is 0.879. The van der Waals surface area contributed by atoms with Crippen LogP contribution in [0.15, 0.2) is 24.3 Å². The fraction of sp³-hybridized carbons (Fsp3) is 0.538. The molecule has 0 radical (unpaired) electrons. The summed E-state index contributed by atoms with van der Waals surface area (Å²) in [5.41, 5.74) is 7.55. The zero-order valence-corrected chi connectivity index (χ0v) is 11.2. The minimum Gasteiger partial charge on any atom is -0.330 e. The minimum atomic E-state index is 0. The van der Waals surface area contributed by atoms with E-state index in [4.69, 9.17) is 17.3 Å². The van der Waals surface area contributed by atoms with Crippen molar-refractivity contribution in [1.82, 2.24) is 0 Å². The summed E-state index contributed by atoms with van der Waals surface area (Å²) in [4.78, 5) is 0. The van der Waals surface area contributed by atoms with Gasteiger partial charge in [-0.2, -0.15) is 0 Å². The molecule has 16 heavy (non-hydrogen) atoms. The maximum Gasteiger partial charge on any atom is 0.0406 e. The maximum atomic E-state index is 5.91. The third-order valence-electron chi connectivity index (χ3n) is 3.96. The van der Waals surface area contributed by atoms with Crippen molar-refractivity contribution in [2.45, 2.75) is 31.6 Å². The lowest BCUT2D eigenvalue weighted by Gasteiger charge is -2.47. The van der Waals surface area contributed by atoms with E-state index in [9.17, 15) is 0 Å². The number of benzene rings is 1. The molecule has 1 aromatic rings.